The number of likely N-dealkylation sites (N-methyl/N-ethyl adjacent to an activating group) is 1. The van der Waals surface area contributed by atoms with Gasteiger partial charge in [0.2, 0.25) is 5.91 Å². The van der Waals surface area contributed by atoms with Gasteiger partial charge in [-0.25, -0.2) is 4.68 Å². The van der Waals surface area contributed by atoms with Crippen LogP contribution in [0, 0.1) is 6.92 Å². The van der Waals surface area contributed by atoms with Crippen molar-refractivity contribution in [1.82, 2.24) is 25.1 Å². The number of aromatic nitrogens is 4. The number of hydrogen-bond acceptors (Lipinski definition) is 6. The van der Waals surface area contributed by atoms with Crippen LogP contribution in [0.3, 0.4) is 0 Å². The predicted molar refractivity (Wildman–Crippen MR) is 87.4 cm³/mol. The van der Waals surface area contributed by atoms with Gasteiger partial charge in [0.25, 0.3) is 0 Å². The van der Waals surface area contributed by atoms with Crippen LogP contribution < -0.4 is 4.74 Å². The SMILES string of the molecule is CC(=O)N(C)C[C@H](O)c1ccc(OCCCn2nnnc2C)cc1. The molecule has 0 radical (unpaired) electrons. The monoisotopic (exact) mass is 333 g/mol. The molecule has 0 aliphatic heterocycles. The van der Waals surface area contributed by atoms with Gasteiger partial charge in [0.1, 0.15) is 11.6 Å². The van der Waals surface area contributed by atoms with Crippen LogP contribution in [0.4, 0.5) is 0 Å². The molecule has 0 saturated heterocycles. The first-order valence-corrected chi connectivity index (χ1v) is 7.82. The van der Waals surface area contributed by atoms with Gasteiger partial charge >= 0.3 is 0 Å². The molecule has 1 heterocycles. The van der Waals surface area contributed by atoms with Crippen LogP contribution in [0.1, 0.15) is 30.8 Å². The molecule has 0 aliphatic rings. The number of nitrogens with zero attached hydrogens (tertiary/aromatic N) is 5. The highest BCUT2D eigenvalue weighted by molar-refractivity contribution is 5.72. The minimum Gasteiger partial charge on any atom is -0.494 e. The van der Waals surface area contributed by atoms with Gasteiger partial charge in [0.15, 0.2) is 0 Å². The largest absolute Gasteiger partial charge is 0.494 e. The van der Waals surface area contributed by atoms with E-state index in [1.165, 1.54) is 11.8 Å². The number of aryl methyl sites for hydroxylation is 2. The fourth-order valence-corrected chi connectivity index (χ4v) is 2.14. The van der Waals surface area contributed by atoms with E-state index < -0.39 is 6.10 Å². The van der Waals surface area contributed by atoms with Crippen LogP contribution in [-0.4, -0.2) is 56.3 Å². The highest BCUT2D eigenvalue weighted by Gasteiger charge is 2.12. The van der Waals surface area contributed by atoms with Crippen LogP contribution in [0.25, 0.3) is 0 Å². The molecule has 0 unspecified atom stereocenters. The second-order valence-corrected chi connectivity index (χ2v) is 5.64. The van der Waals surface area contributed by atoms with Gasteiger partial charge in [-0.3, -0.25) is 4.79 Å². The lowest BCUT2D eigenvalue weighted by molar-refractivity contribution is -0.128. The van der Waals surface area contributed by atoms with Crippen LogP contribution in [0.5, 0.6) is 5.75 Å². The molecule has 1 N–H and O–H groups in total. The van der Waals surface area contributed by atoms with Crippen molar-refractivity contribution in [1.29, 1.82) is 0 Å². The quantitative estimate of drug-likeness (QED) is 0.723. The first-order chi connectivity index (χ1) is 11.5. The molecule has 1 aromatic heterocycles. The van der Waals surface area contributed by atoms with Gasteiger partial charge in [-0.15, -0.1) is 5.10 Å². The summed E-state index contributed by atoms with van der Waals surface area (Å²) in [6, 6.07) is 7.24. The summed E-state index contributed by atoms with van der Waals surface area (Å²) in [6.45, 7) is 4.84. The molecule has 8 nitrogen and oxygen atoms in total. The Balaban J connectivity index is 1.77. The normalized spacial score (nSPS) is 12.0. The molecule has 0 bridgehead atoms. The molecular weight excluding hydrogens is 310 g/mol. The molecule has 0 saturated carbocycles. The lowest BCUT2D eigenvalue weighted by Gasteiger charge is -2.19. The minimum atomic E-state index is -0.712. The maximum absolute atomic E-state index is 11.2. The fraction of sp³-hybridized carbons (Fsp3) is 0.500. The molecule has 8 heteroatoms. The van der Waals surface area contributed by atoms with Crippen LogP contribution in [-0.2, 0) is 11.3 Å². The van der Waals surface area contributed by atoms with E-state index in [1.54, 1.807) is 23.9 Å². The van der Waals surface area contributed by atoms with E-state index in [0.717, 1.165) is 23.6 Å². The number of tetrazole rings is 1. The third-order valence-electron chi connectivity index (χ3n) is 3.74. The van der Waals surface area contributed by atoms with E-state index in [4.69, 9.17) is 4.74 Å². The van der Waals surface area contributed by atoms with Crippen molar-refractivity contribution in [3.63, 3.8) is 0 Å². The van der Waals surface area contributed by atoms with Crippen molar-refractivity contribution in [2.24, 2.45) is 0 Å². The zero-order chi connectivity index (χ0) is 17.5. The van der Waals surface area contributed by atoms with Gasteiger partial charge in [-0.2, -0.15) is 0 Å². The topological polar surface area (TPSA) is 93.4 Å². The Kier molecular flexibility index (Phi) is 6.25. The van der Waals surface area contributed by atoms with E-state index >= 15 is 0 Å². The number of aliphatic hydroxyl groups is 1. The summed E-state index contributed by atoms with van der Waals surface area (Å²) in [7, 11) is 1.66. The van der Waals surface area contributed by atoms with E-state index in [-0.39, 0.29) is 12.5 Å². The summed E-state index contributed by atoms with van der Waals surface area (Å²) in [5, 5.41) is 21.4. The van der Waals surface area contributed by atoms with Crippen LogP contribution >= 0.6 is 0 Å². The summed E-state index contributed by atoms with van der Waals surface area (Å²) in [5.74, 6) is 1.44. The first-order valence-electron chi connectivity index (χ1n) is 7.82. The smallest absolute Gasteiger partial charge is 0.219 e. The number of rotatable bonds is 8. The summed E-state index contributed by atoms with van der Waals surface area (Å²) in [5.41, 5.74) is 0.750. The standard InChI is InChI=1S/C16H23N5O3/c1-12-17-18-19-21(12)9-4-10-24-15-7-5-14(6-8-15)16(23)11-20(3)13(2)22/h5-8,16,23H,4,9-11H2,1-3H3/t16-/m0/s1. The third kappa shape index (κ3) is 5.02. The van der Waals surface area contributed by atoms with E-state index in [0.29, 0.717) is 13.2 Å². The second-order valence-electron chi connectivity index (χ2n) is 5.64. The Morgan fingerprint density at radius 3 is 2.67 bits per heavy atom. The third-order valence-corrected chi connectivity index (χ3v) is 3.74. The van der Waals surface area contributed by atoms with Crippen molar-refractivity contribution in [2.45, 2.75) is 32.9 Å². The zero-order valence-electron chi connectivity index (χ0n) is 14.2. The van der Waals surface area contributed by atoms with Gasteiger partial charge in [-0.05, 0) is 35.0 Å². The molecule has 0 fully saturated rings. The molecule has 0 spiro atoms. The maximum Gasteiger partial charge on any atom is 0.219 e. The van der Waals surface area contributed by atoms with Crippen LogP contribution in [0.2, 0.25) is 0 Å². The van der Waals surface area contributed by atoms with E-state index in [1.807, 2.05) is 19.1 Å². The van der Waals surface area contributed by atoms with Gasteiger partial charge < -0.3 is 14.7 Å². The molecule has 0 aliphatic carbocycles. The fourth-order valence-electron chi connectivity index (χ4n) is 2.14. The predicted octanol–water partition coefficient (Wildman–Crippen LogP) is 0.962. The number of ether oxygens (including phenoxy) is 1. The van der Waals surface area contributed by atoms with Crippen molar-refractivity contribution in [3.8, 4) is 5.75 Å². The Bertz CT molecular complexity index is 656. The first kappa shape index (κ1) is 17.9. The van der Waals surface area contributed by atoms with E-state index in [9.17, 15) is 9.90 Å². The number of carbonyl (C=O) groups is 1. The van der Waals surface area contributed by atoms with Crippen molar-refractivity contribution < 1.29 is 14.6 Å². The number of carbonyl (C=O) groups excluding carboxylic acids is 1. The van der Waals surface area contributed by atoms with Crippen molar-refractivity contribution in [2.75, 3.05) is 20.2 Å². The summed E-state index contributed by atoms with van der Waals surface area (Å²) in [6.07, 6.45) is 0.0791. The Hall–Kier alpha value is -2.48. The highest BCUT2D eigenvalue weighted by Crippen LogP contribution is 2.18. The molecular formula is C16H23N5O3. The molecule has 2 rings (SSSR count). The van der Waals surface area contributed by atoms with Gasteiger partial charge in [-0.1, -0.05) is 12.1 Å². The Morgan fingerprint density at radius 1 is 1.38 bits per heavy atom. The summed E-state index contributed by atoms with van der Waals surface area (Å²) >= 11 is 0. The van der Waals surface area contributed by atoms with Crippen molar-refractivity contribution in [3.05, 3.63) is 35.7 Å². The Morgan fingerprint density at radius 2 is 2.08 bits per heavy atom. The highest BCUT2D eigenvalue weighted by atomic mass is 16.5. The summed E-state index contributed by atoms with van der Waals surface area (Å²) in [4.78, 5) is 12.7. The Labute approximate surface area is 141 Å². The second kappa shape index (κ2) is 8.39. The van der Waals surface area contributed by atoms with E-state index in [2.05, 4.69) is 15.5 Å². The summed E-state index contributed by atoms with van der Waals surface area (Å²) < 4.78 is 7.40. The average molecular weight is 333 g/mol. The average Bonchev–Trinajstić information content (AvgIpc) is 2.97. The number of aliphatic hydroxyl groups excluding tert-OH is 1. The number of hydrogen-bond donors (Lipinski definition) is 1. The molecule has 1 aromatic carbocycles. The zero-order valence-corrected chi connectivity index (χ0v) is 14.2. The minimum absolute atomic E-state index is 0.0770. The molecule has 1 atom stereocenters. The van der Waals surface area contributed by atoms with Crippen molar-refractivity contribution >= 4 is 5.91 Å². The number of benzene rings is 1. The maximum atomic E-state index is 11.2. The molecule has 1 amide bonds. The lowest BCUT2D eigenvalue weighted by atomic mass is 10.1. The molecule has 2 aromatic rings. The lowest BCUT2D eigenvalue weighted by Crippen LogP contribution is -2.28. The van der Waals surface area contributed by atoms with Crippen LogP contribution in [0.15, 0.2) is 24.3 Å². The molecule has 24 heavy (non-hydrogen) atoms. The van der Waals surface area contributed by atoms with Gasteiger partial charge in [0, 0.05) is 26.9 Å². The number of amides is 1. The van der Waals surface area contributed by atoms with Gasteiger partial charge in [0.05, 0.1) is 19.3 Å². The molecule has 130 valence electrons.